The summed E-state index contributed by atoms with van der Waals surface area (Å²) in [6, 6.07) is 19.7. The first kappa shape index (κ1) is 19.6. The molecule has 4 nitrogen and oxygen atoms in total. The van der Waals surface area contributed by atoms with Crippen LogP contribution >= 0.6 is 0 Å². The van der Waals surface area contributed by atoms with Crippen LogP contribution < -0.4 is 5.32 Å². The zero-order chi connectivity index (χ0) is 20.3. The smallest absolute Gasteiger partial charge is 0.318 e. The van der Waals surface area contributed by atoms with Crippen molar-refractivity contribution >= 4 is 6.03 Å². The highest BCUT2D eigenvalue weighted by molar-refractivity contribution is 5.76. The van der Waals surface area contributed by atoms with Crippen molar-refractivity contribution in [1.29, 1.82) is 0 Å². The van der Waals surface area contributed by atoms with Crippen LogP contribution in [0.2, 0.25) is 0 Å². The highest BCUT2D eigenvalue weighted by atomic mass is 16.2. The van der Waals surface area contributed by atoms with Crippen LogP contribution in [0.3, 0.4) is 0 Å². The number of nitrogens with zero attached hydrogens (tertiary/aromatic N) is 2. The highest BCUT2D eigenvalue weighted by Crippen LogP contribution is 2.37. The van der Waals surface area contributed by atoms with Crippen molar-refractivity contribution in [2.45, 2.75) is 50.6 Å². The Balaban J connectivity index is 1.49. The number of fused-ring (bicyclic) bond motifs is 1. The van der Waals surface area contributed by atoms with E-state index in [9.17, 15) is 4.79 Å². The molecule has 2 aromatic carbocycles. The van der Waals surface area contributed by atoms with Crippen molar-refractivity contribution in [3.05, 3.63) is 71.3 Å². The summed E-state index contributed by atoms with van der Waals surface area (Å²) in [4.78, 5) is 18.3. The summed E-state index contributed by atoms with van der Waals surface area (Å²) in [7, 11) is 0. The minimum atomic E-state index is -0.0273. The number of aryl methyl sites for hydroxylation is 1. The molecule has 2 aliphatic heterocycles. The molecule has 0 aromatic heterocycles. The summed E-state index contributed by atoms with van der Waals surface area (Å²) in [5.74, 6) is 0.930. The van der Waals surface area contributed by atoms with Crippen molar-refractivity contribution in [2.24, 2.45) is 5.92 Å². The standard InChI is InChI=1S/C26H33N3O/c30-26-27-16-6-10-21-7-4-5-11-24(21)25(22-8-2-1-3-9-22)29(26)23-14-17-28(18-15-23)19-20-12-13-20/h1-5,7-9,11,20,23,25H,6,10,12-19H2,(H,27,30). The largest absolute Gasteiger partial charge is 0.338 e. The minimum Gasteiger partial charge on any atom is -0.338 e. The van der Waals surface area contributed by atoms with Gasteiger partial charge in [-0.15, -0.1) is 0 Å². The molecule has 4 heteroatoms. The molecular weight excluding hydrogens is 370 g/mol. The third kappa shape index (κ3) is 4.24. The fraction of sp³-hybridized carbons (Fsp3) is 0.500. The number of urea groups is 1. The summed E-state index contributed by atoms with van der Waals surface area (Å²) in [6.45, 7) is 4.21. The normalized spacial score (nSPS) is 23.8. The van der Waals surface area contributed by atoms with E-state index in [4.69, 9.17) is 0 Å². The lowest BCUT2D eigenvalue weighted by Crippen LogP contribution is -2.52. The summed E-state index contributed by atoms with van der Waals surface area (Å²) >= 11 is 0. The van der Waals surface area contributed by atoms with Gasteiger partial charge < -0.3 is 15.1 Å². The average molecular weight is 404 g/mol. The molecule has 2 heterocycles. The number of amides is 2. The number of carbonyl (C=O) groups is 1. The highest BCUT2D eigenvalue weighted by Gasteiger charge is 2.37. The molecule has 3 aliphatic rings. The average Bonchev–Trinajstić information content (AvgIpc) is 3.59. The fourth-order valence-electron chi connectivity index (χ4n) is 5.26. The first-order chi connectivity index (χ1) is 14.8. The van der Waals surface area contributed by atoms with Crippen LogP contribution in [0.25, 0.3) is 0 Å². The second-order valence-electron chi connectivity index (χ2n) is 9.23. The molecule has 0 radical (unpaired) electrons. The molecular formula is C26H33N3O. The monoisotopic (exact) mass is 403 g/mol. The molecule has 1 unspecified atom stereocenters. The van der Waals surface area contributed by atoms with E-state index in [1.165, 1.54) is 36.1 Å². The topological polar surface area (TPSA) is 35.6 Å². The zero-order valence-corrected chi connectivity index (χ0v) is 17.8. The number of benzene rings is 2. The summed E-state index contributed by atoms with van der Waals surface area (Å²) in [5.41, 5.74) is 3.88. The molecule has 2 aromatic rings. The predicted octanol–water partition coefficient (Wildman–Crippen LogP) is 4.61. The van der Waals surface area contributed by atoms with Gasteiger partial charge in [0.1, 0.15) is 0 Å². The van der Waals surface area contributed by atoms with Gasteiger partial charge in [-0.05, 0) is 61.1 Å². The van der Waals surface area contributed by atoms with E-state index in [2.05, 4.69) is 69.7 Å². The maximum absolute atomic E-state index is 13.5. The first-order valence-electron chi connectivity index (χ1n) is 11.7. The van der Waals surface area contributed by atoms with Crippen LogP contribution in [0.4, 0.5) is 4.79 Å². The first-order valence-corrected chi connectivity index (χ1v) is 11.7. The third-order valence-electron chi connectivity index (χ3n) is 7.04. The van der Waals surface area contributed by atoms with Crippen LogP contribution in [-0.2, 0) is 6.42 Å². The van der Waals surface area contributed by atoms with Gasteiger partial charge in [0.15, 0.2) is 0 Å². The van der Waals surface area contributed by atoms with E-state index < -0.39 is 0 Å². The molecule has 30 heavy (non-hydrogen) atoms. The van der Waals surface area contributed by atoms with E-state index in [0.717, 1.165) is 51.2 Å². The van der Waals surface area contributed by atoms with Gasteiger partial charge in [0.05, 0.1) is 6.04 Å². The Kier molecular flexibility index (Phi) is 5.76. The van der Waals surface area contributed by atoms with Crippen molar-refractivity contribution < 1.29 is 4.79 Å². The number of likely N-dealkylation sites (tertiary alicyclic amines) is 1. The minimum absolute atomic E-state index is 0.0273. The number of hydrogen-bond acceptors (Lipinski definition) is 2. The van der Waals surface area contributed by atoms with E-state index in [1.807, 2.05) is 0 Å². The van der Waals surface area contributed by atoms with Gasteiger partial charge in [0, 0.05) is 32.2 Å². The van der Waals surface area contributed by atoms with Gasteiger partial charge in [-0.3, -0.25) is 0 Å². The van der Waals surface area contributed by atoms with E-state index in [-0.39, 0.29) is 18.1 Å². The number of rotatable bonds is 4. The third-order valence-corrected chi connectivity index (χ3v) is 7.04. The van der Waals surface area contributed by atoms with Crippen molar-refractivity contribution in [1.82, 2.24) is 15.1 Å². The maximum atomic E-state index is 13.5. The van der Waals surface area contributed by atoms with Gasteiger partial charge in [0.25, 0.3) is 0 Å². The Labute approximate surface area is 180 Å². The molecule has 1 saturated carbocycles. The van der Waals surface area contributed by atoms with Crippen molar-refractivity contribution in [2.75, 3.05) is 26.2 Å². The molecule has 0 spiro atoms. The van der Waals surface area contributed by atoms with E-state index in [0.29, 0.717) is 0 Å². The Morgan fingerprint density at radius 1 is 0.900 bits per heavy atom. The summed E-state index contributed by atoms with van der Waals surface area (Å²) in [6.07, 6.45) is 6.92. The van der Waals surface area contributed by atoms with Crippen LogP contribution in [-0.4, -0.2) is 48.1 Å². The summed E-state index contributed by atoms with van der Waals surface area (Å²) in [5, 5.41) is 3.23. The molecule has 158 valence electrons. The number of hydrogen-bond donors (Lipinski definition) is 1. The van der Waals surface area contributed by atoms with Crippen LogP contribution in [0.5, 0.6) is 0 Å². The Hall–Kier alpha value is -2.33. The second-order valence-corrected chi connectivity index (χ2v) is 9.23. The Morgan fingerprint density at radius 2 is 1.63 bits per heavy atom. The van der Waals surface area contributed by atoms with Gasteiger partial charge in [-0.2, -0.15) is 0 Å². The van der Waals surface area contributed by atoms with Gasteiger partial charge in [-0.1, -0.05) is 54.6 Å². The van der Waals surface area contributed by atoms with Gasteiger partial charge >= 0.3 is 6.03 Å². The van der Waals surface area contributed by atoms with E-state index >= 15 is 0 Å². The molecule has 1 atom stereocenters. The molecule has 1 aliphatic carbocycles. The predicted molar refractivity (Wildman–Crippen MR) is 120 cm³/mol. The van der Waals surface area contributed by atoms with Gasteiger partial charge in [0.2, 0.25) is 0 Å². The number of piperidine rings is 1. The number of nitrogens with one attached hydrogen (secondary N) is 1. The molecule has 1 saturated heterocycles. The molecule has 0 bridgehead atoms. The van der Waals surface area contributed by atoms with E-state index in [1.54, 1.807) is 0 Å². The second kappa shape index (κ2) is 8.81. The van der Waals surface area contributed by atoms with Crippen LogP contribution in [0, 0.1) is 5.92 Å². The SMILES string of the molecule is O=C1NCCCc2ccccc2C(c2ccccc2)N1C1CCN(CC2CC2)CC1. The Morgan fingerprint density at radius 3 is 2.40 bits per heavy atom. The number of carbonyl (C=O) groups excluding carboxylic acids is 1. The summed E-state index contributed by atoms with van der Waals surface area (Å²) < 4.78 is 0. The van der Waals surface area contributed by atoms with Gasteiger partial charge in [-0.25, -0.2) is 4.79 Å². The lowest BCUT2D eigenvalue weighted by Gasteiger charge is -2.43. The maximum Gasteiger partial charge on any atom is 0.318 e. The molecule has 1 N–H and O–H groups in total. The zero-order valence-electron chi connectivity index (χ0n) is 17.8. The fourth-order valence-corrected chi connectivity index (χ4v) is 5.26. The van der Waals surface area contributed by atoms with Crippen molar-refractivity contribution in [3.63, 3.8) is 0 Å². The van der Waals surface area contributed by atoms with Crippen molar-refractivity contribution in [3.8, 4) is 0 Å². The Bertz CT molecular complexity index is 856. The quantitative estimate of drug-likeness (QED) is 0.809. The lowest BCUT2D eigenvalue weighted by atomic mass is 9.89. The van der Waals surface area contributed by atoms with Crippen LogP contribution in [0.1, 0.15) is 54.8 Å². The molecule has 2 fully saturated rings. The molecule has 2 amide bonds. The van der Waals surface area contributed by atoms with Crippen LogP contribution in [0.15, 0.2) is 54.6 Å². The lowest BCUT2D eigenvalue weighted by molar-refractivity contribution is 0.102. The molecule has 5 rings (SSSR count).